The predicted molar refractivity (Wildman–Crippen MR) is 84.0 cm³/mol. The first-order valence-corrected chi connectivity index (χ1v) is 8.11. The minimum Gasteiger partial charge on any atom is -0.492 e. The van der Waals surface area contributed by atoms with E-state index in [2.05, 4.69) is 5.32 Å². The van der Waals surface area contributed by atoms with E-state index in [4.69, 9.17) is 16.3 Å². The lowest BCUT2D eigenvalue weighted by atomic mass is 9.79. The van der Waals surface area contributed by atoms with Gasteiger partial charge in [-0.1, -0.05) is 18.5 Å². The van der Waals surface area contributed by atoms with Crippen LogP contribution in [0.15, 0.2) is 23.3 Å². The van der Waals surface area contributed by atoms with Crippen molar-refractivity contribution in [1.82, 2.24) is 5.32 Å². The molecule has 1 N–H and O–H groups in total. The molecule has 0 spiro atoms. The van der Waals surface area contributed by atoms with Crippen LogP contribution in [0.2, 0.25) is 5.02 Å². The van der Waals surface area contributed by atoms with Gasteiger partial charge in [0.2, 0.25) is 0 Å². The Morgan fingerprint density at radius 2 is 2.13 bits per heavy atom. The topological polar surface area (TPSA) is 55.4 Å². The molecule has 2 aliphatic rings. The lowest BCUT2D eigenvalue weighted by Crippen LogP contribution is -2.24. The summed E-state index contributed by atoms with van der Waals surface area (Å²) in [6.45, 7) is 2.44. The number of imide groups is 1. The molecule has 2 amide bonds. The minimum absolute atomic E-state index is 0.205. The number of benzene rings is 1. The maximum absolute atomic E-state index is 14.4. The molecule has 1 heterocycles. The fourth-order valence-electron chi connectivity index (χ4n) is 3.19. The van der Waals surface area contributed by atoms with E-state index >= 15 is 0 Å². The van der Waals surface area contributed by atoms with Crippen molar-refractivity contribution in [3.8, 4) is 5.75 Å². The third-order valence-electron chi connectivity index (χ3n) is 4.23. The van der Waals surface area contributed by atoms with Gasteiger partial charge in [-0.05, 0) is 43.4 Å². The second kappa shape index (κ2) is 6.32. The molecule has 1 aromatic rings. The van der Waals surface area contributed by atoms with Gasteiger partial charge >= 0.3 is 0 Å². The quantitative estimate of drug-likeness (QED) is 0.856. The van der Waals surface area contributed by atoms with Crippen molar-refractivity contribution >= 4 is 23.4 Å². The van der Waals surface area contributed by atoms with E-state index in [0.29, 0.717) is 41.9 Å². The van der Waals surface area contributed by atoms with Crippen LogP contribution in [0.5, 0.6) is 5.75 Å². The van der Waals surface area contributed by atoms with Crippen LogP contribution in [0.1, 0.15) is 44.1 Å². The summed E-state index contributed by atoms with van der Waals surface area (Å²) in [6.07, 6.45) is 2.71. The summed E-state index contributed by atoms with van der Waals surface area (Å²) in [5.41, 5.74) is 1.23. The fourth-order valence-corrected chi connectivity index (χ4v) is 3.40. The number of hydrogen-bond acceptors (Lipinski definition) is 3. The Hall–Kier alpha value is -1.88. The lowest BCUT2D eigenvalue weighted by molar-refractivity contribution is -0.124. The van der Waals surface area contributed by atoms with Gasteiger partial charge in [0.05, 0.1) is 11.6 Å². The Bertz CT molecular complexity index is 714. The van der Waals surface area contributed by atoms with E-state index in [0.717, 1.165) is 12.8 Å². The van der Waals surface area contributed by atoms with Crippen molar-refractivity contribution in [3.05, 3.63) is 39.7 Å². The number of ether oxygens (including phenoxy) is 1. The van der Waals surface area contributed by atoms with Crippen molar-refractivity contribution < 1.29 is 18.7 Å². The number of hydrogen-bond donors (Lipinski definition) is 1. The first kappa shape index (κ1) is 16.0. The van der Waals surface area contributed by atoms with Gasteiger partial charge in [-0.15, -0.1) is 0 Å². The van der Waals surface area contributed by atoms with Crippen LogP contribution in [-0.2, 0) is 9.59 Å². The summed E-state index contributed by atoms with van der Waals surface area (Å²) >= 11 is 6.03. The molecule has 3 rings (SSSR count). The van der Waals surface area contributed by atoms with Gasteiger partial charge in [0.15, 0.2) is 0 Å². The second-order valence-electron chi connectivity index (χ2n) is 5.77. The standard InChI is InChI=1S/C17H17ClFNO3/c1-2-6-23-14-7-11(13(19)8-12(14)18)9-4-3-5-10-15(9)17(22)20-16(10)21/h7-9H,2-6H2,1H3,(H,20,21,22). The van der Waals surface area contributed by atoms with E-state index in [1.165, 1.54) is 6.07 Å². The average molecular weight is 338 g/mol. The molecule has 1 aliphatic carbocycles. The second-order valence-corrected chi connectivity index (χ2v) is 6.18. The van der Waals surface area contributed by atoms with Gasteiger partial charge in [0.25, 0.3) is 11.8 Å². The van der Waals surface area contributed by atoms with Crippen LogP contribution in [-0.4, -0.2) is 18.4 Å². The average Bonchev–Trinajstić information content (AvgIpc) is 2.82. The maximum Gasteiger partial charge on any atom is 0.255 e. The third-order valence-corrected chi connectivity index (χ3v) is 4.52. The van der Waals surface area contributed by atoms with Gasteiger partial charge in [-0.3, -0.25) is 14.9 Å². The van der Waals surface area contributed by atoms with Gasteiger partial charge in [-0.25, -0.2) is 4.39 Å². The normalized spacial score (nSPS) is 20.6. The highest BCUT2D eigenvalue weighted by molar-refractivity contribution is 6.32. The van der Waals surface area contributed by atoms with E-state index in [9.17, 15) is 14.0 Å². The highest BCUT2D eigenvalue weighted by atomic mass is 35.5. The number of nitrogens with one attached hydrogen (secondary N) is 1. The number of rotatable bonds is 4. The summed E-state index contributed by atoms with van der Waals surface area (Å²) in [7, 11) is 0. The van der Waals surface area contributed by atoms with Crippen molar-refractivity contribution in [2.45, 2.75) is 38.5 Å². The van der Waals surface area contributed by atoms with E-state index in [-0.39, 0.29) is 10.9 Å². The van der Waals surface area contributed by atoms with Gasteiger partial charge < -0.3 is 4.74 Å². The molecule has 0 aromatic heterocycles. The Morgan fingerprint density at radius 3 is 2.87 bits per heavy atom. The van der Waals surface area contributed by atoms with Crippen molar-refractivity contribution in [3.63, 3.8) is 0 Å². The van der Waals surface area contributed by atoms with E-state index in [1.54, 1.807) is 6.07 Å². The molecule has 0 bridgehead atoms. The Balaban J connectivity index is 2.04. The Labute approximate surface area is 138 Å². The molecule has 1 aromatic carbocycles. The van der Waals surface area contributed by atoms with Crippen molar-refractivity contribution in [2.75, 3.05) is 6.61 Å². The highest BCUT2D eigenvalue weighted by Gasteiger charge is 2.39. The summed E-state index contributed by atoms with van der Waals surface area (Å²) in [5, 5.41) is 2.51. The van der Waals surface area contributed by atoms with Crippen LogP contribution in [0.4, 0.5) is 4.39 Å². The Kier molecular flexibility index (Phi) is 4.39. The molecule has 0 fully saturated rings. The number of amides is 2. The zero-order chi connectivity index (χ0) is 16.6. The summed E-state index contributed by atoms with van der Waals surface area (Å²) in [5.74, 6) is -1.29. The van der Waals surface area contributed by atoms with Crippen LogP contribution in [0, 0.1) is 5.82 Å². The molecule has 0 saturated heterocycles. The largest absolute Gasteiger partial charge is 0.492 e. The SMILES string of the molecule is CCCOc1cc(C2CCCC3=C2C(=O)NC3=O)c(F)cc1Cl. The number of halogens is 2. The molecule has 0 saturated carbocycles. The minimum atomic E-state index is -0.482. The molecule has 1 aliphatic heterocycles. The van der Waals surface area contributed by atoms with E-state index < -0.39 is 17.6 Å². The van der Waals surface area contributed by atoms with Crippen molar-refractivity contribution in [1.29, 1.82) is 0 Å². The molecular formula is C17H17ClFNO3. The first-order chi connectivity index (χ1) is 11.0. The van der Waals surface area contributed by atoms with Crippen LogP contribution in [0.3, 0.4) is 0 Å². The Morgan fingerprint density at radius 1 is 1.35 bits per heavy atom. The molecule has 1 unspecified atom stereocenters. The van der Waals surface area contributed by atoms with Gasteiger partial charge in [0.1, 0.15) is 11.6 Å². The molecule has 4 nitrogen and oxygen atoms in total. The maximum atomic E-state index is 14.4. The smallest absolute Gasteiger partial charge is 0.255 e. The summed E-state index contributed by atoms with van der Waals surface area (Å²) < 4.78 is 20.0. The van der Waals surface area contributed by atoms with Crippen LogP contribution < -0.4 is 10.1 Å². The lowest BCUT2D eigenvalue weighted by Gasteiger charge is -2.24. The van der Waals surface area contributed by atoms with Crippen LogP contribution in [0.25, 0.3) is 0 Å². The summed E-state index contributed by atoms with van der Waals surface area (Å²) in [6, 6.07) is 2.77. The number of carbonyl (C=O) groups excluding carboxylic acids is 2. The molecule has 6 heteroatoms. The van der Waals surface area contributed by atoms with Crippen LogP contribution >= 0.6 is 11.6 Å². The molecule has 23 heavy (non-hydrogen) atoms. The fraction of sp³-hybridized carbons (Fsp3) is 0.412. The van der Waals surface area contributed by atoms with Gasteiger partial charge in [0, 0.05) is 17.1 Å². The molecule has 0 radical (unpaired) electrons. The number of carbonyl (C=O) groups is 2. The zero-order valence-electron chi connectivity index (χ0n) is 12.7. The monoisotopic (exact) mass is 337 g/mol. The summed E-state index contributed by atoms with van der Waals surface area (Å²) in [4.78, 5) is 23.9. The van der Waals surface area contributed by atoms with Crippen molar-refractivity contribution in [2.24, 2.45) is 0 Å². The predicted octanol–water partition coefficient (Wildman–Crippen LogP) is 3.49. The third kappa shape index (κ3) is 2.85. The van der Waals surface area contributed by atoms with E-state index in [1.807, 2.05) is 6.92 Å². The highest BCUT2D eigenvalue weighted by Crippen LogP contribution is 2.43. The zero-order valence-corrected chi connectivity index (χ0v) is 13.5. The molecule has 1 atom stereocenters. The van der Waals surface area contributed by atoms with Gasteiger partial charge in [-0.2, -0.15) is 0 Å². The molecular weight excluding hydrogens is 321 g/mol. The molecule has 122 valence electrons. The first-order valence-electron chi connectivity index (χ1n) is 7.73.